The lowest BCUT2D eigenvalue weighted by atomic mass is 10.0. The molecule has 0 aliphatic carbocycles. The van der Waals surface area contributed by atoms with Crippen molar-refractivity contribution in [1.82, 2.24) is 4.90 Å². The van der Waals surface area contributed by atoms with Crippen LogP contribution in [0.2, 0.25) is 0 Å². The Morgan fingerprint density at radius 2 is 2.16 bits per heavy atom. The van der Waals surface area contributed by atoms with E-state index in [1.54, 1.807) is 11.9 Å². The Kier molecular flexibility index (Phi) is 4.76. The van der Waals surface area contributed by atoms with Gasteiger partial charge in [-0.15, -0.1) is 0 Å². The third kappa shape index (κ3) is 3.68. The number of likely N-dealkylation sites (N-methyl/N-ethyl adjacent to an activating group) is 1. The molecule has 1 amide bonds. The summed E-state index contributed by atoms with van der Waals surface area (Å²) in [6, 6.07) is 9.36. The van der Waals surface area contributed by atoms with E-state index in [4.69, 9.17) is 15.2 Å². The zero-order chi connectivity index (χ0) is 13.7. The molecule has 1 heterocycles. The molecule has 1 aliphatic heterocycles. The van der Waals surface area contributed by atoms with E-state index < -0.39 is 0 Å². The first-order valence-corrected chi connectivity index (χ1v) is 6.44. The Labute approximate surface area is 113 Å². The topological polar surface area (TPSA) is 64.8 Å². The van der Waals surface area contributed by atoms with Crippen molar-refractivity contribution in [1.29, 1.82) is 0 Å². The molecular weight excluding hydrogens is 244 g/mol. The molecule has 0 bridgehead atoms. The van der Waals surface area contributed by atoms with Crippen molar-refractivity contribution in [2.24, 2.45) is 11.7 Å². The Hall–Kier alpha value is -1.59. The quantitative estimate of drug-likeness (QED) is 0.841. The van der Waals surface area contributed by atoms with Gasteiger partial charge in [-0.2, -0.15) is 0 Å². The number of hydrogen-bond donors (Lipinski definition) is 1. The number of benzene rings is 1. The fourth-order valence-corrected chi connectivity index (χ4v) is 2.04. The lowest BCUT2D eigenvalue weighted by molar-refractivity contribution is -0.134. The second-order valence-corrected chi connectivity index (χ2v) is 4.73. The van der Waals surface area contributed by atoms with E-state index in [0.717, 1.165) is 5.75 Å². The fraction of sp³-hybridized carbons (Fsp3) is 0.500. The van der Waals surface area contributed by atoms with Crippen LogP contribution in [0.3, 0.4) is 0 Å². The predicted octanol–water partition coefficient (Wildman–Crippen LogP) is 0.498. The predicted molar refractivity (Wildman–Crippen MR) is 71.9 cm³/mol. The molecule has 1 aromatic carbocycles. The largest absolute Gasteiger partial charge is 0.492 e. The molecule has 1 fully saturated rings. The minimum Gasteiger partial charge on any atom is -0.492 e. The third-order valence-electron chi connectivity index (χ3n) is 3.26. The fourth-order valence-electron chi connectivity index (χ4n) is 2.04. The minimum atomic E-state index is -0.221. The molecule has 0 aromatic heterocycles. The first-order valence-electron chi connectivity index (χ1n) is 6.44. The summed E-state index contributed by atoms with van der Waals surface area (Å²) in [5, 5.41) is 0. The zero-order valence-corrected chi connectivity index (χ0v) is 11.1. The molecule has 19 heavy (non-hydrogen) atoms. The van der Waals surface area contributed by atoms with Crippen LogP contribution in [-0.4, -0.2) is 50.3 Å². The van der Waals surface area contributed by atoms with Gasteiger partial charge >= 0.3 is 0 Å². The number of rotatable bonds is 5. The number of hydrogen-bond acceptors (Lipinski definition) is 4. The molecule has 104 valence electrons. The molecule has 2 rings (SSSR count). The van der Waals surface area contributed by atoms with E-state index in [1.807, 2.05) is 30.3 Å². The van der Waals surface area contributed by atoms with Crippen LogP contribution < -0.4 is 10.5 Å². The van der Waals surface area contributed by atoms with Crippen LogP contribution in [0.5, 0.6) is 5.75 Å². The minimum absolute atomic E-state index is 0.0293. The molecule has 2 atom stereocenters. The van der Waals surface area contributed by atoms with Crippen LogP contribution in [0, 0.1) is 5.92 Å². The Bertz CT molecular complexity index is 410. The van der Waals surface area contributed by atoms with Crippen molar-refractivity contribution in [3.05, 3.63) is 30.3 Å². The maximum Gasteiger partial charge on any atom is 0.229 e. The van der Waals surface area contributed by atoms with Gasteiger partial charge in [-0.3, -0.25) is 4.79 Å². The van der Waals surface area contributed by atoms with Crippen molar-refractivity contribution in [3.8, 4) is 5.75 Å². The molecule has 2 N–H and O–H groups in total. The van der Waals surface area contributed by atoms with Crippen molar-refractivity contribution in [3.63, 3.8) is 0 Å². The van der Waals surface area contributed by atoms with Crippen molar-refractivity contribution in [2.75, 3.05) is 33.4 Å². The smallest absolute Gasteiger partial charge is 0.229 e. The van der Waals surface area contributed by atoms with Crippen LogP contribution in [0.4, 0.5) is 0 Å². The zero-order valence-electron chi connectivity index (χ0n) is 11.1. The van der Waals surface area contributed by atoms with Gasteiger partial charge < -0.3 is 20.1 Å². The lowest BCUT2D eigenvalue weighted by Crippen LogP contribution is -2.43. The summed E-state index contributed by atoms with van der Waals surface area (Å²) in [7, 11) is 1.77. The number of carbonyl (C=O) groups is 1. The number of para-hydroxylation sites is 1. The Morgan fingerprint density at radius 3 is 2.79 bits per heavy atom. The normalized spacial score (nSPS) is 22.2. The standard InChI is InChI=1S/C14H20N2O3/c1-16(14(17)12-9-18-10-13(12)15)7-8-19-11-5-3-2-4-6-11/h2-6,12-13H,7-10,15H2,1H3. The van der Waals surface area contributed by atoms with Gasteiger partial charge in [0.2, 0.25) is 5.91 Å². The van der Waals surface area contributed by atoms with Gasteiger partial charge in [0.05, 0.1) is 25.7 Å². The summed E-state index contributed by atoms with van der Waals surface area (Å²) in [5.74, 6) is 0.618. The summed E-state index contributed by atoms with van der Waals surface area (Å²) in [6.45, 7) is 1.89. The van der Waals surface area contributed by atoms with E-state index in [2.05, 4.69) is 0 Å². The molecular formula is C14H20N2O3. The highest BCUT2D eigenvalue weighted by molar-refractivity contribution is 5.79. The third-order valence-corrected chi connectivity index (χ3v) is 3.26. The van der Waals surface area contributed by atoms with Crippen LogP contribution in [0.25, 0.3) is 0 Å². The summed E-state index contributed by atoms with van der Waals surface area (Å²) in [5.41, 5.74) is 5.83. The monoisotopic (exact) mass is 264 g/mol. The molecule has 2 unspecified atom stereocenters. The number of carbonyl (C=O) groups excluding carboxylic acids is 1. The summed E-state index contributed by atoms with van der Waals surface area (Å²) in [6.07, 6.45) is 0. The first kappa shape index (κ1) is 13.8. The molecule has 1 saturated heterocycles. The first-order chi connectivity index (χ1) is 9.18. The maximum absolute atomic E-state index is 12.1. The molecule has 0 spiro atoms. The number of amides is 1. The lowest BCUT2D eigenvalue weighted by Gasteiger charge is -2.22. The highest BCUT2D eigenvalue weighted by Gasteiger charge is 2.33. The molecule has 1 aliphatic rings. The molecule has 5 heteroatoms. The van der Waals surface area contributed by atoms with Crippen molar-refractivity contribution >= 4 is 5.91 Å². The van der Waals surface area contributed by atoms with Gasteiger partial charge in [0.15, 0.2) is 0 Å². The Balaban J connectivity index is 1.75. The maximum atomic E-state index is 12.1. The van der Waals surface area contributed by atoms with Gasteiger partial charge in [-0.1, -0.05) is 18.2 Å². The van der Waals surface area contributed by atoms with Crippen LogP contribution >= 0.6 is 0 Å². The summed E-state index contributed by atoms with van der Waals surface area (Å²) >= 11 is 0. The molecule has 0 saturated carbocycles. The second kappa shape index (κ2) is 6.54. The van der Waals surface area contributed by atoms with E-state index >= 15 is 0 Å². The number of nitrogens with two attached hydrogens (primary N) is 1. The highest BCUT2D eigenvalue weighted by atomic mass is 16.5. The number of ether oxygens (including phenoxy) is 2. The van der Waals surface area contributed by atoms with Crippen LogP contribution in [0.15, 0.2) is 30.3 Å². The van der Waals surface area contributed by atoms with E-state index in [-0.39, 0.29) is 17.9 Å². The van der Waals surface area contributed by atoms with Gasteiger partial charge in [0.1, 0.15) is 12.4 Å². The summed E-state index contributed by atoms with van der Waals surface area (Å²) in [4.78, 5) is 13.8. The Morgan fingerprint density at radius 1 is 1.42 bits per heavy atom. The molecule has 5 nitrogen and oxygen atoms in total. The van der Waals surface area contributed by atoms with Gasteiger partial charge in [0, 0.05) is 13.1 Å². The summed E-state index contributed by atoms with van der Waals surface area (Å²) < 4.78 is 10.8. The van der Waals surface area contributed by atoms with Crippen LogP contribution in [0.1, 0.15) is 0 Å². The van der Waals surface area contributed by atoms with E-state index in [1.165, 1.54) is 0 Å². The highest BCUT2D eigenvalue weighted by Crippen LogP contribution is 2.14. The number of nitrogens with zero attached hydrogens (tertiary/aromatic N) is 1. The van der Waals surface area contributed by atoms with Gasteiger partial charge in [-0.05, 0) is 12.1 Å². The van der Waals surface area contributed by atoms with E-state index in [0.29, 0.717) is 26.4 Å². The molecule has 0 radical (unpaired) electrons. The van der Waals surface area contributed by atoms with Gasteiger partial charge in [0.25, 0.3) is 0 Å². The van der Waals surface area contributed by atoms with Gasteiger partial charge in [-0.25, -0.2) is 0 Å². The van der Waals surface area contributed by atoms with E-state index in [9.17, 15) is 4.79 Å². The van der Waals surface area contributed by atoms with Crippen molar-refractivity contribution < 1.29 is 14.3 Å². The average Bonchev–Trinajstić information content (AvgIpc) is 2.85. The second-order valence-electron chi connectivity index (χ2n) is 4.73. The van der Waals surface area contributed by atoms with Crippen molar-refractivity contribution in [2.45, 2.75) is 6.04 Å². The SMILES string of the molecule is CN(CCOc1ccccc1)C(=O)C1COCC1N. The average molecular weight is 264 g/mol. The van der Waals surface area contributed by atoms with Crippen LogP contribution in [-0.2, 0) is 9.53 Å². The molecule has 1 aromatic rings.